The molecule has 0 aromatic carbocycles. The molecule has 1 saturated carbocycles. The quantitative estimate of drug-likeness (QED) is 0.709. The monoisotopic (exact) mass is 202 g/mol. The number of carbonyl (C=O) groups is 1. The van der Waals surface area contributed by atoms with Crippen LogP contribution >= 0.6 is 0 Å². The third-order valence-electron chi connectivity index (χ3n) is 3.91. The Morgan fingerprint density at radius 1 is 1.40 bits per heavy atom. The molecule has 0 aromatic rings. The van der Waals surface area contributed by atoms with Gasteiger partial charge >= 0.3 is 5.97 Å². The van der Waals surface area contributed by atoms with E-state index < -0.39 is 5.97 Å². The lowest BCUT2D eigenvalue weighted by molar-refractivity contribution is -0.140. The molecule has 78 valence electrons. The van der Waals surface area contributed by atoms with Gasteiger partial charge in [-0.3, -0.25) is 4.79 Å². The van der Waals surface area contributed by atoms with Crippen LogP contribution in [-0.4, -0.2) is 11.1 Å². The van der Waals surface area contributed by atoms with Gasteiger partial charge in [-0.1, -0.05) is 29.9 Å². The van der Waals surface area contributed by atoms with E-state index in [2.05, 4.69) is 24.3 Å². The minimum atomic E-state index is -0.645. The second kappa shape index (κ2) is 3.09. The van der Waals surface area contributed by atoms with E-state index in [0.717, 1.165) is 19.3 Å². The van der Waals surface area contributed by atoms with Gasteiger partial charge in [0.05, 0.1) is 5.92 Å². The Morgan fingerprint density at radius 2 is 2.27 bits per heavy atom. The predicted octanol–water partition coefficient (Wildman–Crippen LogP) is 2.54. The van der Waals surface area contributed by atoms with Crippen LogP contribution in [0, 0.1) is 17.8 Å². The molecule has 0 saturated heterocycles. The zero-order chi connectivity index (χ0) is 10.4. The number of fused-ring (bicyclic) bond motifs is 2. The molecule has 0 aliphatic heterocycles. The van der Waals surface area contributed by atoms with Crippen molar-refractivity contribution in [3.8, 4) is 0 Å². The van der Waals surface area contributed by atoms with Crippen LogP contribution in [0.2, 0.25) is 0 Å². The van der Waals surface area contributed by atoms with Crippen molar-refractivity contribution in [2.24, 2.45) is 17.8 Å². The molecule has 3 unspecified atom stereocenters. The molecule has 3 aliphatic carbocycles. The maximum atomic E-state index is 11.1. The van der Waals surface area contributed by atoms with Gasteiger partial charge in [-0.25, -0.2) is 0 Å². The third kappa shape index (κ3) is 1.28. The summed E-state index contributed by atoms with van der Waals surface area (Å²) in [6, 6.07) is 0. The number of carboxylic acids is 1. The van der Waals surface area contributed by atoms with Crippen molar-refractivity contribution >= 4 is 5.97 Å². The smallest absolute Gasteiger partial charge is 0.310 e. The summed E-state index contributed by atoms with van der Waals surface area (Å²) in [6.45, 7) is 0. The standard InChI is InChI=1S/C13H14O2/c14-13(15)11-5-4-10-6-8-2-1-3-9(8)7-12(10)11/h1-3,7-8,10-11H,4-6H2,(H,14,15). The molecular formula is C13H14O2. The fourth-order valence-electron chi connectivity index (χ4n) is 3.13. The number of hydrogen-bond acceptors (Lipinski definition) is 1. The van der Waals surface area contributed by atoms with E-state index in [1.54, 1.807) is 0 Å². The maximum Gasteiger partial charge on any atom is 0.310 e. The highest BCUT2D eigenvalue weighted by Gasteiger charge is 2.39. The fraction of sp³-hybridized carbons (Fsp3) is 0.462. The largest absolute Gasteiger partial charge is 0.481 e. The van der Waals surface area contributed by atoms with Gasteiger partial charge in [-0.15, -0.1) is 0 Å². The maximum absolute atomic E-state index is 11.1. The summed E-state index contributed by atoms with van der Waals surface area (Å²) >= 11 is 0. The molecule has 1 N–H and O–H groups in total. The van der Waals surface area contributed by atoms with Crippen molar-refractivity contribution in [3.63, 3.8) is 0 Å². The van der Waals surface area contributed by atoms with E-state index in [9.17, 15) is 4.79 Å². The van der Waals surface area contributed by atoms with Crippen molar-refractivity contribution in [2.45, 2.75) is 19.3 Å². The van der Waals surface area contributed by atoms with Crippen molar-refractivity contribution in [2.75, 3.05) is 0 Å². The second-order valence-electron chi connectivity index (χ2n) is 4.70. The minimum absolute atomic E-state index is 0.211. The van der Waals surface area contributed by atoms with E-state index in [1.165, 1.54) is 11.1 Å². The van der Waals surface area contributed by atoms with Gasteiger partial charge in [0.2, 0.25) is 0 Å². The molecule has 15 heavy (non-hydrogen) atoms. The highest BCUT2D eigenvalue weighted by Crippen LogP contribution is 2.47. The lowest BCUT2D eigenvalue weighted by Gasteiger charge is -2.25. The Labute approximate surface area is 89.0 Å². The fourth-order valence-corrected chi connectivity index (χ4v) is 3.13. The molecule has 1 fully saturated rings. The molecule has 0 radical (unpaired) electrons. The summed E-state index contributed by atoms with van der Waals surface area (Å²) in [4.78, 5) is 11.1. The van der Waals surface area contributed by atoms with Crippen molar-refractivity contribution in [1.82, 2.24) is 0 Å². The summed E-state index contributed by atoms with van der Waals surface area (Å²) in [7, 11) is 0. The van der Waals surface area contributed by atoms with E-state index >= 15 is 0 Å². The van der Waals surface area contributed by atoms with Crippen LogP contribution in [0.25, 0.3) is 0 Å². The summed E-state index contributed by atoms with van der Waals surface area (Å²) in [5, 5.41) is 9.12. The van der Waals surface area contributed by atoms with Crippen molar-refractivity contribution in [3.05, 3.63) is 35.5 Å². The van der Waals surface area contributed by atoms with Crippen LogP contribution in [-0.2, 0) is 4.79 Å². The molecule has 0 aromatic heterocycles. The molecule has 0 heterocycles. The molecule has 3 aliphatic rings. The summed E-state index contributed by atoms with van der Waals surface area (Å²) < 4.78 is 0. The van der Waals surface area contributed by atoms with Crippen LogP contribution < -0.4 is 0 Å². The molecule has 0 bridgehead atoms. The first-order valence-corrected chi connectivity index (χ1v) is 5.58. The Balaban J connectivity index is 1.96. The Bertz CT molecular complexity index is 401. The van der Waals surface area contributed by atoms with E-state index in [0.29, 0.717) is 11.8 Å². The Hall–Kier alpha value is -1.31. The number of allylic oxidation sites excluding steroid dienone is 5. The van der Waals surface area contributed by atoms with Crippen LogP contribution in [0.3, 0.4) is 0 Å². The van der Waals surface area contributed by atoms with E-state index in [4.69, 9.17) is 5.11 Å². The van der Waals surface area contributed by atoms with E-state index in [-0.39, 0.29) is 5.92 Å². The predicted molar refractivity (Wildman–Crippen MR) is 57.3 cm³/mol. The normalized spacial score (nSPS) is 36.9. The second-order valence-corrected chi connectivity index (χ2v) is 4.70. The topological polar surface area (TPSA) is 37.3 Å². The number of rotatable bonds is 1. The zero-order valence-corrected chi connectivity index (χ0v) is 8.52. The van der Waals surface area contributed by atoms with Gasteiger partial charge in [0.1, 0.15) is 0 Å². The highest BCUT2D eigenvalue weighted by atomic mass is 16.4. The van der Waals surface area contributed by atoms with Gasteiger partial charge in [-0.2, -0.15) is 0 Å². The SMILES string of the molecule is O=C(O)C1CCC2CC3C=CC=C3C=C21. The summed E-state index contributed by atoms with van der Waals surface area (Å²) in [6.07, 6.45) is 11.6. The van der Waals surface area contributed by atoms with Gasteiger partial charge in [0.25, 0.3) is 0 Å². The molecule has 2 heteroatoms. The molecule has 3 rings (SSSR count). The van der Waals surface area contributed by atoms with Crippen LogP contribution in [0.5, 0.6) is 0 Å². The average Bonchev–Trinajstić information content (AvgIpc) is 2.77. The van der Waals surface area contributed by atoms with E-state index in [1.807, 2.05) is 0 Å². The summed E-state index contributed by atoms with van der Waals surface area (Å²) in [5.41, 5.74) is 2.49. The molecule has 0 spiro atoms. The van der Waals surface area contributed by atoms with Crippen LogP contribution in [0.4, 0.5) is 0 Å². The van der Waals surface area contributed by atoms with Crippen molar-refractivity contribution < 1.29 is 9.90 Å². The highest BCUT2D eigenvalue weighted by molar-refractivity contribution is 5.75. The van der Waals surface area contributed by atoms with Crippen LogP contribution in [0.15, 0.2) is 35.5 Å². The number of carboxylic acid groups (broad SMARTS) is 1. The van der Waals surface area contributed by atoms with Crippen molar-refractivity contribution in [1.29, 1.82) is 0 Å². The number of hydrogen-bond donors (Lipinski definition) is 1. The van der Waals surface area contributed by atoms with Gasteiger partial charge < -0.3 is 5.11 Å². The first-order chi connectivity index (χ1) is 7.25. The molecular weight excluding hydrogens is 188 g/mol. The Kier molecular flexibility index (Phi) is 1.84. The first-order valence-electron chi connectivity index (χ1n) is 5.58. The van der Waals surface area contributed by atoms with Gasteiger partial charge in [0.15, 0.2) is 0 Å². The molecule has 3 atom stereocenters. The van der Waals surface area contributed by atoms with Gasteiger partial charge in [0, 0.05) is 5.92 Å². The molecule has 2 nitrogen and oxygen atoms in total. The van der Waals surface area contributed by atoms with Crippen LogP contribution in [0.1, 0.15) is 19.3 Å². The lowest BCUT2D eigenvalue weighted by atomic mass is 9.79. The third-order valence-corrected chi connectivity index (χ3v) is 3.91. The average molecular weight is 202 g/mol. The summed E-state index contributed by atoms with van der Waals surface area (Å²) in [5.74, 6) is 0.230. The zero-order valence-electron chi connectivity index (χ0n) is 8.52. The lowest BCUT2D eigenvalue weighted by Crippen LogP contribution is -2.18. The van der Waals surface area contributed by atoms with Gasteiger partial charge in [-0.05, 0) is 30.8 Å². The number of aliphatic carboxylic acids is 1. The minimum Gasteiger partial charge on any atom is -0.481 e. The molecule has 0 amide bonds. The first kappa shape index (κ1) is 8.96. The Morgan fingerprint density at radius 3 is 3.07 bits per heavy atom.